The van der Waals surface area contributed by atoms with Crippen molar-refractivity contribution in [3.8, 4) is 0 Å². The summed E-state index contributed by atoms with van der Waals surface area (Å²) >= 11 is 0. The van der Waals surface area contributed by atoms with Gasteiger partial charge in [0.2, 0.25) is 10.0 Å². The molecule has 2 aliphatic heterocycles. The van der Waals surface area contributed by atoms with Crippen LogP contribution >= 0.6 is 0 Å². The van der Waals surface area contributed by atoms with Crippen LogP contribution in [0, 0.1) is 0 Å². The fourth-order valence-electron chi connectivity index (χ4n) is 3.99. The molecule has 1 fully saturated rings. The first kappa shape index (κ1) is 22.1. The minimum Gasteiger partial charge on any atom is -0.465 e. The molecule has 9 nitrogen and oxygen atoms in total. The van der Waals surface area contributed by atoms with Gasteiger partial charge in [0.1, 0.15) is 0 Å². The van der Waals surface area contributed by atoms with Crippen LogP contribution < -0.4 is 14.5 Å². The van der Waals surface area contributed by atoms with Crippen LogP contribution in [0.2, 0.25) is 0 Å². The largest absolute Gasteiger partial charge is 0.465 e. The van der Waals surface area contributed by atoms with Gasteiger partial charge in [0.15, 0.2) is 0 Å². The van der Waals surface area contributed by atoms with Crippen molar-refractivity contribution in [2.45, 2.75) is 6.42 Å². The van der Waals surface area contributed by atoms with Crippen LogP contribution in [0.1, 0.15) is 26.3 Å². The Bertz CT molecular complexity index is 1160. The van der Waals surface area contributed by atoms with Crippen LogP contribution in [0.3, 0.4) is 0 Å². The van der Waals surface area contributed by atoms with Gasteiger partial charge >= 0.3 is 5.97 Å². The molecule has 0 bridgehead atoms. The Labute approximate surface area is 187 Å². The minimum absolute atomic E-state index is 0.259. The van der Waals surface area contributed by atoms with Crippen LogP contribution in [0.15, 0.2) is 36.4 Å². The quantitative estimate of drug-likeness (QED) is 0.681. The number of ether oxygens (including phenoxy) is 2. The predicted molar refractivity (Wildman–Crippen MR) is 121 cm³/mol. The lowest BCUT2D eigenvalue weighted by Gasteiger charge is -2.29. The summed E-state index contributed by atoms with van der Waals surface area (Å²) in [5.41, 5.74) is 3.22. The van der Waals surface area contributed by atoms with E-state index in [1.807, 2.05) is 6.07 Å². The van der Waals surface area contributed by atoms with Crippen molar-refractivity contribution in [1.82, 2.24) is 0 Å². The van der Waals surface area contributed by atoms with E-state index < -0.39 is 21.9 Å². The Morgan fingerprint density at radius 3 is 2.50 bits per heavy atom. The molecule has 2 heterocycles. The number of fused-ring (bicyclic) bond motifs is 1. The number of rotatable bonds is 5. The third-order valence-corrected chi connectivity index (χ3v) is 6.81. The second kappa shape index (κ2) is 8.79. The predicted octanol–water partition coefficient (Wildman–Crippen LogP) is 1.88. The van der Waals surface area contributed by atoms with Crippen molar-refractivity contribution in [2.75, 3.05) is 60.7 Å². The van der Waals surface area contributed by atoms with E-state index in [2.05, 4.69) is 10.2 Å². The molecular formula is C22H25N3O6S. The molecule has 10 heteroatoms. The van der Waals surface area contributed by atoms with Gasteiger partial charge in [-0.1, -0.05) is 0 Å². The first-order valence-electron chi connectivity index (χ1n) is 10.2. The summed E-state index contributed by atoms with van der Waals surface area (Å²) in [6.45, 7) is 3.01. The molecular weight excluding hydrogens is 434 g/mol. The fourth-order valence-corrected chi connectivity index (χ4v) is 4.95. The van der Waals surface area contributed by atoms with E-state index in [0.29, 0.717) is 56.2 Å². The number of esters is 1. The lowest BCUT2D eigenvalue weighted by Crippen LogP contribution is -2.36. The molecule has 170 valence electrons. The number of nitrogens with one attached hydrogen (secondary N) is 1. The van der Waals surface area contributed by atoms with Gasteiger partial charge in [0, 0.05) is 30.9 Å². The maximum absolute atomic E-state index is 12.9. The average Bonchev–Trinajstić information content (AvgIpc) is 3.23. The molecule has 0 spiro atoms. The molecule has 4 rings (SSSR count). The summed E-state index contributed by atoms with van der Waals surface area (Å²) in [6.07, 6.45) is 1.70. The molecule has 1 N–H and O–H groups in total. The van der Waals surface area contributed by atoms with Gasteiger partial charge in [0.05, 0.1) is 43.5 Å². The Kier molecular flexibility index (Phi) is 6.07. The number of amides is 1. The Hall–Kier alpha value is -3.11. The zero-order chi connectivity index (χ0) is 22.9. The number of benzene rings is 2. The average molecular weight is 460 g/mol. The summed E-state index contributed by atoms with van der Waals surface area (Å²) in [5, 5.41) is 2.79. The van der Waals surface area contributed by atoms with E-state index in [0.717, 1.165) is 17.5 Å². The summed E-state index contributed by atoms with van der Waals surface area (Å²) in [7, 11) is -2.06. The highest BCUT2D eigenvalue weighted by molar-refractivity contribution is 7.92. The topological polar surface area (TPSA) is 105 Å². The van der Waals surface area contributed by atoms with Gasteiger partial charge in [-0.2, -0.15) is 0 Å². The van der Waals surface area contributed by atoms with Gasteiger partial charge in [-0.05, 0) is 48.4 Å². The van der Waals surface area contributed by atoms with E-state index in [4.69, 9.17) is 9.47 Å². The van der Waals surface area contributed by atoms with Gasteiger partial charge in [-0.25, -0.2) is 13.2 Å². The molecule has 0 saturated carbocycles. The first-order chi connectivity index (χ1) is 15.3. The highest BCUT2D eigenvalue weighted by Gasteiger charge is 2.27. The van der Waals surface area contributed by atoms with Crippen LogP contribution in [0.4, 0.5) is 17.1 Å². The number of hydrogen-bond donors (Lipinski definition) is 1. The second-order valence-corrected chi connectivity index (χ2v) is 9.61. The lowest BCUT2D eigenvalue weighted by molar-refractivity contribution is 0.0602. The number of carbonyl (C=O) groups is 2. The number of hydrogen-bond acceptors (Lipinski definition) is 7. The van der Waals surface area contributed by atoms with Crippen molar-refractivity contribution >= 4 is 39.0 Å². The van der Waals surface area contributed by atoms with Crippen LogP contribution in [-0.4, -0.2) is 66.5 Å². The third-order valence-electron chi connectivity index (χ3n) is 5.63. The van der Waals surface area contributed by atoms with Crippen molar-refractivity contribution < 1.29 is 27.5 Å². The zero-order valence-electron chi connectivity index (χ0n) is 18.0. The Balaban J connectivity index is 1.58. The Morgan fingerprint density at radius 1 is 1.06 bits per heavy atom. The molecule has 1 saturated heterocycles. The van der Waals surface area contributed by atoms with Crippen molar-refractivity contribution in [1.29, 1.82) is 0 Å². The molecule has 2 aromatic rings. The first-order valence-corrected chi connectivity index (χ1v) is 12.1. The number of sulfonamides is 1. The second-order valence-electron chi connectivity index (χ2n) is 7.70. The zero-order valence-corrected chi connectivity index (χ0v) is 18.8. The van der Waals surface area contributed by atoms with E-state index in [9.17, 15) is 18.0 Å². The highest BCUT2D eigenvalue weighted by atomic mass is 32.2. The van der Waals surface area contributed by atoms with E-state index in [1.54, 1.807) is 30.3 Å². The number of methoxy groups -OCH3 is 1. The summed E-state index contributed by atoms with van der Waals surface area (Å²) < 4.78 is 35.5. The Morgan fingerprint density at radius 2 is 1.81 bits per heavy atom. The number of nitrogens with zero attached hydrogens (tertiary/aromatic N) is 2. The third kappa shape index (κ3) is 4.42. The maximum atomic E-state index is 12.9. The maximum Gasteiger partial charge on any atom is 0.340 e. The SMILES string of the molecule is COC(=O)c1cc(N2CCOCC2)ccc1NC(=O)c1ccc2c(c1)CCN2S(C)(=O)=O. The lowest BCUT2D eigenvalue weighted by atomic mass is 10.1. The minimum atomic E-state index is -3.36. The summed E-state index contributed by atoms with van der Waals surface area (Å²) in [5.74, 6) is -0.942. The van der Waals surface area contributed by atoms with Gasteiger partial charge in [-0.15, -0.1) is 0 Å². The molecule has 2 aliphatic rings. The van der Waals surface area contributed by atoms with Crippen molar-refractivity contribution in [3.05, 3.63) is 53.1 Å². The van der Waals surface area contributed by atoms with Crippen LogP contribution in [-0.2, 0) is 25.9 Å². The standard InChI is InChI=1S/C22H25N3O6S/c1-30-22(27)18-14-17(24-9-11-31-12-10-24)4-5-19(18)23-21(26)16-3-6-20-15(13-16)7-8-25(20)32(2,28)29/h3-6,13-14H,7-12H2,1-2H3,(H,23,26). The van der Waals surface area contributed by atoms with Crippen LogP contribution in [0.5, 0.6) is 0 Å². The van der Waals surface area contributed by atoms with Crippen molar-refractivity contribution in [3.63, 3.8) is 0 Å². The molecule has 1 amide bonds. The summed E-state index contributed by atoms with van der Waals surface area (Å²) in [4.78, 5) is 27.4. The highest BCUT2D eigenvalue weighted by Crippen LogP contribution is 2.31. The molecule has 2 aromatic carbocycles. The van der Waals surface area contributed by atoms with Crippen molar-refractivity contribution in [2.24, 2.45) is 0 Å². The number of morpholine rings is 1. The van der Waals surface area contributed by atoms with E-state index in [1.165, 1.54) is 11.4 Å². The van der Waals surface area contributed by atoms with Crippen LogP contribution in [0.25, 0.3) is 0 Å². The van der Waals surface area contributed by atoms with E-state index in [-0.39, 0.29) is 5.56 Å². The molecule has 0 unspecified atom stereocenters. The normalized spacial score (nSPS) is 15.9. The van der Waals surface area contributed by atoms with E-state index >= 15 is 0 Å². The van der Waals surface area contributed by atoms with Gasteiger partial charge in [-0.3, -0.25) is 9.10 Å². The summed E-state index contributed by atoms with van der Waals surface area (Å²) in [6, 6.07) is 10.2. The monoisotopic (exact) mass is 459 g/mol. The van der Waals surface area contributed by atoms with Gasteiger partial charge < -0.3 is 19.7 Å². The fraction of sp³-hybridized carbons (Fsp3) is 0.364. The molecule has 0 atom stereocenters. The molecule has 32 heavy (non-hydrogen) atoms. The number of anilines is 3. The van der Waals surface area contributed by atoms with Gasteiger partial charge in [0.25, 0.3) is 5.91 Å². The molecule has 0 aliphatic carbocycles. The number of carbonyl (C=O) groups excluding carboxylic acids is 2. The molecule has 0 radical (unpaired) electrons. The molecule has 0 aromatic heterocycles. The smallest absolute Gasteiger partial charge is 0.340 e.